The molecule has 1 saturated carbocycles. The van der Waals surface area contributed by atoms with Gasteiger partial charge in [0.05, 0.1) is 436 Å². The summed E-state index contributed by atoms with van der Waals surface area (Å²) in [6.07, 6.45) is -10.9. The van der Waals surface area contributed by atoms with Gasteiger partial charge in [-0.3, -0.25) is 14.3 Å². The Morgan fingerprint density at radius 2 is 0.252 bits per heavy atom. The van der Waals surface area contributed by atoms with Gasteiger partial charge in [0.15, 0.2) is 6.10 Å². The molecule has 0 amide bonds. The van der Waals surface area contributed by atoms with E-state index in [0.29, 0.717) is 317 Å². The van der Waals surface area contributed by atoms with Gasteiger partial charge in [-0.2, -0.15) is 0 Å². The highest BCUT2D eigenvalue weighted by atomic mass is 31.2. The molecule has 0 aromatic rings. The van der Waals surface area contributed by atoms with Gasteiger partial charge in [0, 0.05) is 21.3 Å². The Morgan fingerprint density at radius 1 is 0.154 bits per heavy atom. The van der Waals surface area contributed by atoms with E-state index in [2.05, 4.69) is 0 Å². The Labute approximate surface area is 725 Å². The Morgan fingerprint density at radius 3 is 0.350 bits per heavy atom. The molecule has 1 aliphatic carbocycles. The highest BCUT2D eigenvalue weighted by molar-refractivity contribution is 7.46. The van der Waals surface area contributed by atoms with Crippen LogP contribution in [-0.2, 0) is 194 Å². The number of phosphoric ester groups is 2. The largest absolute Gasteiger partial charge is 0.470 e. The van der Waals surface area contributed by atoms with E-state index in [9.17, 15) is 34.0 Å². The summed E-state index contributed by atoms with van der Waals surface area (Å²) in [5, 5.41) is 10.5. The van der Waals surface area contributed by atoms with Crippen molar-refractivity contribution >= 4 is 15.6 Å². The van der Waals surface area contributed by atoms with Crippen molar-refractivity contribution in [2.75, 3.05) is 457 Å². The van der Waals surface area contributed by atoms with Crippen LogP contribution in [0.5, 0.6) is 0 Å². The average molecular weight is 1850 g/mol. The zero-order chi connectivity index (χ0) is 88.7. The molecule has 738 valence electrons. The fourth-order valence-corrected chi connectivity index (χ4v) is 10.9. The van der Waals surface area contributed by atoms with Crippen molar-refractivity contribution in [3.8, 4) is 0 Å². The molecule has 0 aromatic heterocycles. The minimum Gasteiger partial charge on any atom is -0.382 e. The molecule has 123 heavy (non-hydrogen) atoms. The summed E-state index contributed by atoms with van der Waals surface area (Å²) in [4.78, 5) is 45.7. The molecule has 1 rings (SSSR count). The molecule has 0 radical (unpaired) electrons. The maximum atomic E-state index is 12.7. The molecule has 6 atom stereocenters. The molecule has 0 aromatic carbocycles. The molecule has 0 bridgehead atoms. The van der Waals surface area contributed by atoms with Gasteiger partial charge in [-0.25, -0.2) is 14.0 Å². The van der Waals surface area contributed by atoms with Crippen molar-refractivity contribution in [1.29, 1.82) is 0 Å². The molecule has 0 spiro atoms. The maximum Gasteiger partial charge on any atom is 0.470 e. The van der Waals surface area contributed by atoms with Gasteiger partial charge in [-0.15, -0.1) is 0 Å². The minimum absolute atomic E-state index is 0.0558. The van der Waals surface area contributed by atoms with E-state index >= 15 is 0 Å². The first-order chi connectivity index (χ1) is 60.5. The smallest absolute Gasteiger partial charge is 0.382 e. The number of ether oxygens (including phenoxy) is 36. The van der Waals surface area contributed by atoms with E-state index in [1.807, 2.05) is 0 Å². The third kappa shape index (κ3) is 87.1. The second-order valence-electron chi connectivity index (χ2n) is 25.0. The molecule has 1 fully saturated rings. The topological polar surface area (TPSA) is 495 Å². The van der Waals surface area contributed by atoms with Crippen LogP contribution in [0.4, 0.5) is 0 Å². The Kier molecular flexibility index (Phi) is 94.2. The van der Waals surface area contributed by atoms with E-state index in [-0.39, 0.29) is 119 Å². The number of hydrogen-bond acceptors (Lipinski definition) is 42. The lowest BCUT2D eigenvalue weighted by atomic mass is 9.84. The predicted octanol–water partition coefficient (Wildman–Crippen LogP) is -0.593. The normalized spacial score (nSPS) is 16.5. The lowest BCUT2D eigenvalue weighted by Gasteiger charge is -2.48. The molecule has 0 heterocycles. The van der Waals surface area contributed by atoms with Gasteiger partial charge < -0.3 is 190 Å². The third-order valence-corrected chi connectivity index (χ3v) is 16.6. The van der Waals surface area contributed by atoms with Crippen LogP contribution in [0.25, 0.3) is 0 Å². The van der Waals surface area contributed by atoms with E-state index in [1.165, 1.54) is 0 Å². The Hall–Kier alpha value is -1.30. The molecule has 5 N–H and O–H groups in total. The van der Waals surface area contributed by atoms with Crippen molar-refractivity contribution in [2.45, 2.75) is 36.6 Å². The molecule has 48 heteroatoms. The van der Waals surface area contributed by atoms with E-state index in [4.69, 9.17) is 184 Å². The molecular formula is C75H152O46P2. The van der Waals surface area contributed by atoms with Crippen molar-refractivity contribution in [3.63, 3.8) is 0 Å². The molecular weight excluding hydrogens is 1700 g/mol. The van der Waals surface area contributed by atoms with E-state index in [0.717, 1.165) is 0 Å². The van der Waals surface area contributed by atoms with Crippen molar-refractivity contribution in [1.82, 2.24) is 0 Å². The standard InChI is InChI=1S/C75H152O46P2/c1-83-4-7-86-10-13-89-16-19-92-22-25-95-28-31-98-34-37-101-40-43-104-46-49-107-52-55-110-58-61-113-64-67-116-70-73(119-76)71(117-68-65-114-62-59-111-56-53-108-50-47-105-44-41-102-38-35-99-32-29-96-26-23-93-20-17-90-14-11-87-8-5-84-2)75(121-123(80,81)82)72(74(70)120-122(77,78)79)118-69-66-115-63-60-112-57-54-109-51-48-106-45-42-103-39-36-100-33-30-97-27-24-94-21-18-91-15-12-88-9-6-85-3/h70-76H,4-69H2,1-3H3,(H2,77,78,79)(H2,80,81,82)/t70-,71?,72?,73?,74?,75+/m1/s1. The summed E-state index contributed by atoms with van der Waals surface area (Å²) in [5.41, 5.74) is 0. The van der Waals surface area contributed by atoms with Gasteiger partial charge in [0.25, 0.3) is 0 Å². The second-order valence-corrected chi connectivity index (χ2v) is 27.4. The van der Waals surface area contributed by atoms with Crippen molar-refractivity contribution in [2.24, 2.45) is 0 Å². The monoisotopic (exact) mass is 1850 g/mol. The van der Waals surface area contributed by atoms with Crippen LogP contribution >= 0.6 is 15.6 Å². The van der Waals surface area contributed by atoms with Gasteiger partial charge in [-0.05, 0) is 0 Å². The lowest BCUT2D eigenvalue weighted by molar-refractivity contribution is -0.357. The van der Waals surface area contributed by atoms with Crippen LogP contribution < -0.4 is 0 Å². The zero-order valence-electron chi connectivity index (χ0n) is 73.0. The quantitative estimate of drug-likeness (QED) is 0.0220. The summed E-state index contributed by atoms with van der Waals surface area (Å²) in [6, 6.07) is 0. The molecule has 4 unspecified atom stereocenters. The second kappa shape index (κ2) is 96.7. The highest BCUT2D eigenvalue weighted by Gasteiger charge is 2.58. The highest BCUT2D eigenvalue weighted by Crippen LogP contribution is 2.48. The van der Waals surface area contributed by atoms with Crippen LogP contribution in [0.15, 0.2) is 0 Å². The van der Waals surface area contributed by atoms with E-state index < -0.39 is 52.3 Å². The lowest BCUT2D eigenvalue weighted by Crippen LogP contribution is -2.67. The van der Waals surface area contributed by atoms with Gasteiger partial charge >= 0.3 is 15.6 Å². The van der Waals surface area contributed by atoms with Crippen molar-refractivity contribution < 1.29 is 218 Å². The SMILES string of the molecule is COCCOCCOCCOCCOCCOCCOCCOCCOCCOCCOCCOC1C(OO)[C@@H](OCCOCCOCCOCCOCCOCCOCCOCCOCCOCCOCCOC)C(OP(=O)(O)O)C(OCCOCCOCCOCCOCCOCCOCCOCCOCCOCCOCCOC)[C@H]1OP(=O)(O)O. The summed E-state index contributed by atoms with van der Waals surface area (Å²) in [5.74, 6) is 0. The first-order valence-electron chi connectivity index (χ1n) is 41.9. The molecule has 1 aliphatic rings. The number of methoxy groups -OCH3 is 3. The van der Waals surface area contributed by atoms with E-state index in [1.54, 1.807) is 21.3 Å². The zero-order valence-corrected chi connectivity index (χ0v) is 74.8. The van der Waals surface area contributed by atoms with Crippen LogP contribution in [0, 0.1) is 0 Å². The molecule has 0 aliphatic heterocycles. The predicted molar refractivity (Wildman–Crippen MR) is 431 cm³/mol. The van der Waals surface area contributed by atoms with Gasteiger partial charge in [-0.1, -0.05) is 0 Å². The van der Waals surface area contributed by atoms with Crippen LogP contribution in [0.3, 0.4) is 0 Å². The van der Waals surface area contributed by atoms with Gasteiger partial charge in [0.1, 0.15) is 30.5 Å². The maximum absolute atomic E-state index is 12.7. The fraction of sp³-hybridized carbons (Fsp3) is 1.00. The summed E-state index contributed by atoms with van der Waals surface area (Å²) >= 11 is 0. The Balaban J connectivity index is 2.53. The summed E-state index contributed by atoms with van der Waals surface area (Å²) in [6.45, 7) is 21.8. The molecule has 0 saturated heterocycles. The number of phosphoric acid groups is 2. The fourth-order valence-electron chi connectivity index (χ4n) is 9.77. The third-order valence-electron chi connectivity index (χ3n) is 15.5. The summed E-state index contributed by atoms with van der Waals surface area (Å²) < 4.78 is 234. The van der Waals surface area contributed by atoms with Gasteiger partial charge in [0.2, 0.25) is 0 Å². The summed E-state index contributed by atoms with van der Waals surface area (Å²) in [7, 11) is -6.14. The minimum atomic E-state index is -5.50. The average Bonchev–Trinajstić information content (AvgIpc) is 0.759. The number of rotatable bonds is 107. The van der Waals surface area contributed by atoms with Crippen LogP contribution in [0.2, 0.25) is 0 Å². The number of hydrogen-bond donors (Lipinski definition) is 5. The first-order valence-corrected chi connectivity index (χ1v) is 45.0. The van der Waals surface area contributed by atoms with Crippen molar-refractivity contribution in [3.05, 3.63) is 0 Å². The Bertz CT molecular complexity index is 2050. The van der Waals surface area contributed by atoms with Crippen LogP contribution in [0.1, 0.15) is 0 Å². The first kappa shape index (κ1) is 120. The molecule has 46 nitrogen and oxygen atoms in total. The van der Waals surface area contributed by atoms with Crippen LogP contribution in [-0.4, -0.2) is 519 Å².